The number of hydrogen-bond donors (Lipinski definition) is 1. The number of benzene rings is 1. The number of aryl methyl sites for hydroxylation is 1. The molecular formula is C15H20N2O3. The number of nitrogens with zero attached hydrogens (tertiary/aromatic N) is 1. The van der Waals surface area contributed by atoms with Gasteiger partial charge in [-0.15, -0.1) is 0 Å². The average Bonchev–Trinajstić information content (AvgIpc) is 2.96. The van der Waals surface area contributed by atoms with Crippen molar-refractivity contribution in [2.24, 2.45) is 0 Å². The molecule has 5 heteroatoms. The summed E-state index contributed by atoms with van der Waals surface area (Å²) in [5.41, 5.74) is 2.23. The summed E-state index contributed by atoms with van der Waals surface area (Å²) in [6, 6.07) is 7.93. The van der Waals surface area contributed by atoms with E-state index >= 15 is 0 Å². The lowest BCUT2D eigenvalue weighted by Gasteiger charge is -2.13. The van der Waals surface area contributed by atoms with Crippen molar-refractivity contribution in [1.29, 1.82) is 0 Å². The second-order valence-electron chi connectivity index (χ2n) is 4.50. The van der Waals surface area contributed by atoms with E-state index in [1.165, 1.54) is 0 Å². The van der Waals surface area contributed by atoms with E-state index in [0.29, 0.717) is 19.0 Å². The summed E-state index contributed by atoms with van der Waals surface area (Å²) in [5, 5.41) is 6.99. The van der Waals surface area contributed by atoms with Gasteiger partial charge in [0.1, 0.15) is 12.4 Å². The van der Waals surface area contributed by atoms with E-state index < -0.39 is 0 Å². The van der Waals surface area contributed by atoms with Gasteiger partial charge < -0.3 is 19.3 Å². The first-order chi connectivity index (χ1) is 9.81. The van der Waals surface area contributed by atoms with Crippen LogP contribution in [0.5, 0.6) is 5.75 Å². The SMILES string of the molecule is COCCNCc1cccc(C)c1OCc1ccno1. The molecule has 20 heavy (non-hydrogen) atoms. The van der Waals surface area contributed by atoms with Gasteiger partial charge in [0.25, 0.3) is 0 Å². The Morgan fingerprint density at radius 1 is 1.30 bits per heavy atom. The number of methoxy groups -OCH3 is 1. The first-order valence-electron chi connectivity index (χ1n) is 6.61. The fourth-order valence-corrected chi connectivity index (χ4v) is 1.92. The highest BCUT2D eigenvalue weighted by Crippen LogP contribution is 2.24. The largest absolute Gasteiger partial charge is 0.485 e. The van der Waals surface area contributed by atoms with Crippen LogP contribution in [0.2, 0.25) is 0 Å². The first kappa shape index (κ1) is 14.6. The van der Waals surface area contributed by atoms with Crippen LogP contribution in [0.3, 0.4) is 0 Å². The molecule has 0 bridgehead atoms. The van der Waals surface area contributed by atoms with E-state index in [-0.39, 0.29) is 0 Å². The minimum atomic E-state index is 0.385. The van der Waals surface area contributed by atoms with Gasteiger partial charge in [-0.2, -0.15) is 0 Å². The third kappa shape index (κ3) is 4.08. The van der Waals surface area contributed by atoms with Crippen LogP contribution >= 0.6 is 0 Å². The predicted octanol–water partition coefficient (Wildman–Crippen LogP) is 2.30. The molecule has 0 spiro atoms. The fraction of sp³-hybridized carbons (Fsp3) is 0.400. The van der Waals surface area contributed by atoms with E-state index in [2.05, 4.69) is 16.5 Å². The predicted molar refractivity (Wildman–Crippen MR) is 75.6 cm³/mol. The van der Waals surface area contributed by atoms with E-state index in [1.54, 1.807) is 19.4 Å². The maximum Gasteiger partial charge on any atom is 0.174 e. The molecule has 0 saturated heterocycles. The van der Waals surface area contributed by atoms with Crippen LogP contribution in [0.1, 0.15) is 16.9 Å². The third-order valence-electron chi connectivity index (χ3n) is 2.94. The molecule has 5 nitrogen and oxygen atoms in total. The molecule has 0 atom stereocenters. The second kappa shape index (κ2) is 7.67. The lowest BCUT2D eigenvalue weighted by Crippen LogP contribution is -2.19. The molecule has 1 N–H and O–H groups in total. The van der Waals surface area contributed by atoms with Crippen LogP contribution in [0.4, 0.5) is 0 Å². The van der Waals surface area contributed by atoms with Gasteiger partial charge in [0.15, 0.2) is 5.76 Å². The van der Waals surface area contributed by atoms with Gasteiger partial charge in [0.2, 0.25) is 0 Å². The maximum atomic E-state index is 5.86. The summed E-state index contributed by atoms with van der Waals surface area (Å²) in [5.74, 6) is 1.61. The van der Waals surface area contributed by atoms with Crippen LogP contribution in [-0.4, -0.2) is 25.4 Å². The highest BCUT2D eigenvalue weighted by atomic mass is 16.5. The Morgan fingerprint density at radius 3 is 2.95 bits per heavy atom. The summed E-state index contributed by atoms with van der Waals surface area (Å²) in [7, 11) is 1.69. The molecule has 0 aliphatic rings. The van der Waals surface area contributed by atoms with Crippen molar-refractivity contribution in [3.05, 3.63) is 47.3 Å². The second-order valence-corrected chi connectivity index (χ2v) is 4.50. The van der Waals surface area contributed by atoms with Crippen LogP contribution in [0.25, 0.3) is 0 Å². The Balaban J connectivity index is 1.98. The van der Waals surface area contributed by atoms with E-state index in [1.807, 2.05) is 19.1 Å². The molecule has 1 aromatic carbocycles. The minimum Gasteiger partial charge on any atom is -0.485 e. The lowest BCUT2D eigenvalue weighted by molar-refractivity contribution is 0.198. The Bertz CT molecular complexity index is 512. The molecule has 0 radical (unpaired) electrons. The lowest BCUT2D eigenvalue weighted by atomic mass is 10.1. The standard InChI is InChI=1S/C15H20N2O3/c1-12-4-3-5-13(10-16-8-9-18-2)15(12)19-11-14-6-7-17-20-14/h3-7,16H,8-11H2,1-2H3. The molecular weight excluding hydrogens is 256 g/mol. The van der Waals surface area contributed by atoms with Crippen molar-refractivity contribution in [3.63, 3.8) is 0 Å². The topological polar surface area (TPSA) is 56.5 Å². The van der Waals surface area contributed by atoms with Crippen molar-refractivity contribution in [2.75, 3.05) is 20.3 Å². The molecule has 1 aromatic heterocycles. The summed E-state index contributed by atoms with van der Waals surface area (Å²) >= 11 is 0. The minimum absolute atomic E-state index is 0.385. The zero-order valence-corrected chi connectivity index (χ0v) is 11.9. The van der Waals surface area contributed by atoms with Crippen LogP contribution in [0.15, 0.2) is 35.0 Å². The van der Waals surface area contributed by atoms with Gasteiger partial charge in [-0.1, -0.05) is 23.4 Å². The van der Waals surface area contributed by atoms with E-state index in [4.69, 9.17) is 14.0 Å². The van der Waals surface area contributed by atoms with Crippen LogP contribution in [-0.2, 0) is 17.9 Å². The smallest absolute Gasteiger partial charge is 0.174 e. The van der Waals surface area contributed by atoms with Crippen molar-refractivity contribution < 1.29 is 14.0 Å². The Kier molecular flexibility index (Phi) is 5.58. The summed E-state index contributed by atoms with van der Waals surface area (Å²) in [6.45, 7) is 4.67. The summed E-state index contributed by atoms with van der Waals surface area (Å²) in [6.07, 6.45) is 1.61. The monoisotopic (exact) mass is 276 g/mol. The van der Waals surface area contributed by atoms with E-state index in [0.717, 1.165) is 30.0 Å². The average molecular weight is 276 g/mol. The van der Waals surface area contributed by atoms with Crippen molar-refractivity contribution in [1.82, 2.24) is 10.5 Å². The molecule has 2 rings (SSSR count). The molecule has 108 valence electrons. The highest BCUT2D eigenvalue weighted by molar-refractivity contribution is 5.40. The van der Waals surface area contributed by atoms with Gasteiger partial charge in [-0.25, -0.2) is 0 Å². The van der Waals surface area contributed by atoms with Crippen molar-refractivity contribution in [3.8, 4) is 5.75 Å². The zero-order valence-electron chi connectivity index (χ0n) is 11.9. The highest BCUT2D eigenvalue weighted by Gasteiger charge is 2.08. The van der Waals surface area contributed by atoms with Crippen molar-refractivity contribution >= 4 is 0 Å². The Morgan fingerprint density at radius 2 is 2.20 bits per heavy atom. The molecule has 0 aliphatic heterocycles. The normalized spacial score (nSPS) is 10.7. The first-order valence-corrected chi connectivity index (χ1v) is 6.61. The van der Waals surface area contributed by atoms with Gasteiger partial charge in [-0.05, 0) is 12.5 Å². The van der Waals surface area contributed by atoms with Crippen molar-refractivity contribution in [2.45, 2.75) is 20.1 Å². The molecule has 2 aromatic rings. The van der Waals surface area contributed by atoms with Crippen LogP contribution in [0, 0.1) is 6.92 Å². The molecule has 0 fully saturated rings. The maximum absolute atomic E-state index is 5.86. The van der Waals surface area contributed by atoms with Gasteiger partial charge in [0.05, 0.1) is 12.8 Å². The number of hydrogen-bond acceptors (Lipinski definition) is 5. The summed E-state index contributed by atoms with van der Waals surface area (Å²) < 4.78 is 15.9. The summed E-state index contributed by atoms with van der Waals surface area (Å²) in [4.78, 5) is 0. The van der Waals surface area contributed by atoms with Gasteiger partial charge in [-0.3, -0.25) is 0 Å². The molecule has 0 saturated carbocycles. The van der Waals surface area contributed by atoms with E-state index in [9.17, 15) is 0 Å². The third-order valence-corrected chi connectivity index (χ3v) is 2.94. The number of rotatable bonds is 8. The molecule has 0 amide bonds. The number of ether oxygens (including phenoxy) is 2. The quantitative estimate of drug-likeness (QED) is 0.750. The molecule has 0 unspecified atom stereocenters. The van der Waals surface area contributed by atoms with Gasteiger partial charge in [0, 0.05) is 31.8 Å². The molecule has 1 heterocycles. The zero-order chi connectivity index (χ0) is 14.2. The van der Waals surface area contributed by atoms with Gasteiger partial charge >= 0.3 is 0 Å². The Labute approximate surface area is 118 Å². The number of nitrogens with one attached hydrogen (secondary N) is 1. The fourth-order valence-electron chi connectivity index (χ4n) is 1.92. The van der Waals surface area contributed by atoms with Crippen LogP contribution < -0.4 is 10.1 Å². The Hall–Kier alpha value is -1.85. The number of aromatic nitrogens is 1. The number of para-hydroxylation sites is 1. The molecule has 0 aliphatic carbocycles.